The first-order chi connectivity index (χ1) is 12.5. The molecule has 0 aliphatic carbocycles. The Morgan fingerprint density at radius 3 is 2.31 bits per heavy atom. The summed E-state index contributed by atoms with van der Waals surface area (Å²) in [5.74, 6) is -0.893. The van der Waals surface area contributed by atoms with Crippen LogP contribution in [0, 0.1) is 0 Å². The van der Waals surface area contributed by atoms with Crippen LogP contribution < -0.4 is 10.6 Å². The molecule has 0 bridgehead atoms. The Morgan fingerprint density at radius 1 is 0.962 bits per heavy atom. The molecule has 0 spiro atoms. The smallest absolute Gasteiger partial charge is 0.325 e. The van der Waals surface area contributed by atoms with Crippen molar-refractivity contribution < 1.29 is 19.1 Å². The predicted molar refractivity (Wildman–Crippen MR) is 102 cm³/mol. The maximum atomic E-state index is 12.1. The van der Waals surface area contributed by atoms with Crippen molar-refractivity contribution >= 4 is 39.4 Å². The Kier molecular flexibility index (Phi) is 7.35. The van der Waals surface area contributed by atoms with Crippen LogP contribution in [0.15, 0.2) is 53.0 Å². The highest BCUT2D eigenvalue weighted by Crippen LogP contribution is 2.14. The van der Waals surface area contributed by atoms with Gasteiger partial charge in [0.05, 0.1) is 20.0 Å². The molecule has 0 saturated carbocycles. The van der Waals surface area contributed by atoms with Gasteiger partial charge in [0, 0.05) is 10.2 Å². The summed E-state index contributed by atoms with van der Waals surface area (Å²) < 4.78 is 5.38. The van der Waals surface area contributed by atoms with Crippen molar-refractivity contribution in [2.24, 2.45) is 0 Å². The molecule has 0 aliphatic heterocycles. The molecule has 26 heavy (non-hydrogen) atoms. The lowest BCUT2D eigenvalue weighted by Crippen LogP contribution is -2.31. The summed E-state index contributed by atoms with van der Waals surface area (Å²) in [4.78, 5) is 34.8. The van der Waals surface area contributed by atoms with Crippen molar-refractivity contribution in [1.29, 1.82) is 0 Å². The molecular formula is C19H19BrN2O4. The van der Waals surface area contributed by atoms with E-state index in [4.69, 9.17) is 0 Å². The van der Waals surface area contributed by atoms with Crippen LogP contribution in [-0.2, 0) is 32.0 Å². The average Bonchev–Trinajstić information content (AvgIpc) is 2.61. The summed E-state index contributed by atoms with van der Waals surface area (Å²) in [5, 5.41) is 5.30. The summed E-state index contributed by atoms with van der Waals surface area (Å²) in [6, 6.07) is 14.6. The fraction of sp³-hybridized carbons (Fsp3) is 0.211. The second kappa shape index (κ2) is 9.72. The summed E-state index contributed by atoms with van der Waals surface area (Å²) in [7, 11) is 1.26. The Hall–Kier alpha value is -2.67. The number of rotatable bonds is 7. The standard InChI is InChI=1S/C19H19BrN2O4/c1-26-19(25)12-21-17(23)10-13-5-7-16(8-6-13)22-18(24)11-14-3-2-4-15(20)9-14/h2-9H,10-12H2,1H3,(H,21,23)(H,22,24). The molecule has 2 rings (SSSR count). The molecule has 2 amide bonds. The van der Waals surface area contributed by atoms with Gasteiger partial charge in [0.1, 0.15) is 6.54 Å². The molecule has 2 N–H and O–H groups in total. The SMILES string of the molecule is COC(=O)CNC(=O)Cc1ccc(NC(=O)Cc2cccc(Br)c2)cc1. The third kappa shape index (κ3) is 6.68. The van der Waals surface area contributed by atoms with Gasteiger partial charge in [-0.25, -0.2) is 0 Å². The molecule has 0 aliphatic rings. The van der Waals surface area contributed by atoms with Gasteiger partial charge in [0.2, 0.25) is 11.8 Å². The van der Waals surface area contributed by atoms with E-state index < -0.39 is 5.97 Å². The van der Waals surface area contributed by atoms with E-state index in [0.29, 0.717) is 5.69 Å². The van der Waals surface area contributed by atoms with Crippen LogP contribution in [0.5, 0.6) is 0 Å². The summed E-state index contributed by atoms with van der Waals surface area (Å²) in [6.45, 7) is -0.154. The molecule has 0 heterocycles. The highest BCUT2D eigenvalue weighted by Gasteiger charge is 2.08. The summed E-state index contributed by atoms with van der Waals surface area (Å²) in [6.07, 6.45) is 0.417. The minimum Gasteiger partial charge on any atom is -0.468 e. The normalized spacial score (nSPS) is 10.1. The number of amides is 2. The molecule has 0 fully saturated rings. The summed E-state index contributed by atoms with van der Waals surface area (Å²) >= 11 is 3.38. The van der Waals surface area contributed by atoms with Crippen molar-refractivity contribution in [1.82, 2.24) is 5.32 Å². The van der Waals surface area contributed by atoms with Crippen LogP contribution in [0.4, 0.5) is 5.69 Å². The number of anilines is 1. The average molecular weight is 419 g/mol. The molecule has 2 aromatic rings. The second-order valence-electron chi connectivity index (χ2n) is 5.58. The van der Waals surface area contributed by atoms with E-state index in [1.54, 1.807) is 24.3 Å². The van der Waals surface area contributed by atoms with E-state index in [-0.39, 0.29) is 31.2 Å². The van der Waals surface area contributed by atoms with Gasteiger partial charge in [-0.15, -0.1) is 0 Å². The lowest BCUT2D eigenvalue weighted by atomic mass is 10.1. The Morgan fingerprint density at radius 2 is 1.65 bits per heavy atom. The predicted octanol–water partition coefficient (Wildman–Crippen LogP) is 2.46. The molecular weight excluding hydrogens is 400 g/mol. The fourth-order valence-corrected chi connectivity index (χ4v) is 2.68. The van der Waals surface area contributed by atoms with Gasteiger partial charge >= 0.3 is 5.97 Å². The van der Waals surface area contributed by atoms with Gasteiger partial charge in [0.25, 0.3) is 0 Å². The molecule has 136 valence electrons. The highest BCUT2D eigenvalue weighted by atomic mass is 79.9. The molecule has 0 atom stereocenters. The van der Waals surface area contributed by atoms with Gasteiger partial charge in [-0.3, -0.25) is 14.4 Å². The quantitative estimate of drug-likeness (QED) is 0.676. The van der Waals surface area contributed by atoms with Crippen molar-refractivity contribution in [3.05, 3.63) is 64.1 Å². The number of ether oxygens (including phenoxy) is 1. The number of carbonyl (C=O) groups is 3. The molecule has 7 heteroatoms. The van der Waals surface area contributed by atoms with Crippen molar-refractivity contribution in [3.63, 3.8) is 0 Å². The van der Waals surface area contributed by atoms with E-state index in [0.717, 1.165) is 15.6 Å². The van der Waals surface area contributed by atoms with Crippen molar-refractivity contribution in [2.45, 2.75) is 12.8 Å². The van der Waals surface area contributed by atoms with Gasteiger partial charge < -0.3 is 15.4 Å². The van der Waals surface area contributed by atoms with Gasteiger partial charge in [0.15, 0.2) is 0 Å². The van der Waals surface area contributed by atoms with Crippen LogP contribution in [0.1, 0.15) is 11.1 Å². The largest absolute Gasteiger partial charge is 0.468 e. The van der Waals surface area contributed by atoms with Gasteiger partial charge in [-0.2, -0.15) is 0 Å². The minimum absolute atomic E-state index is 0.119. The number of halogens is 1. The van der Waals surface area contributed by atoms with Crippen LogP contribution in [-0.4, -0.2) is 31.4 Å². The zero-order valence-corrected chi connectivity index (χ0v) is 15.8. The van der Waals surface area contributed by atoms with E-state index in [1.807, 2.05) is 24.3 Å². The number of methoxy groups -OCH3 is 1. The maximum absolute atomic E-state index is 12.1. The Bertz CT molecular complexity index is 790. The van der Waals surface area contributed by atoms with Crippen LogP contribution in [0.3, 0.4) is 0 Å². The number of benzene rings is 2. The number of hydrogen-bond donors (Lipinski definition) is 2. The lowest BCUT2D eigenvalue weighted by molar-refractivity contribution is -0.141. The van der Waals surface area contributed by atoms with Crippen LogP contribution in [0.25, 0.3) is 0 Å². The van der Waals surface area contributed by atoms with Crippen LogP contribution >= 0.6 is 15.9 Å². The van der Waals surface area contributed by atoms with Crippen LogP contribution in [0.2, 0.25) is 0 Å². The second-order valence-corrected chi connectivity index (χ2v) is 6.50. The molecule has 6 nitrogen and oxygen atoms in total. The lowest BCUT2D eigenvalue weighted by Gasteiger charge is -2.08. The number of hydrogen-bond acceptors (Lipinski definition) is 4. The number of carbonyl (C=O) groups excluding carboxylic acids is 3. The number of esters is 1. The van der Waals surface area contributed by atoms with E-state index in [1.165, 1.54) is 7.11 Å². The van der Waals surface area contributed by atoms with E-state index in [9.17, 15) is 14.4 Å². The van der Waals surface area contributed by atoms with Crippen molar-refractivity contribution in [3.8, 4) is 0 Å². The van der Waals surface area contributed by atoms with E-state index in [2.05, 4.69) is 31.3 Å². The first kappa shape index (κ1) is 19.7. The molecule has 2 aromatic carbocycles. The first-order valence-corrected chi connectivity index (χ1v) is 8.72. The van der Waals surface area contributed by atoms with Gasteiger partial charge in [-0.1, -0.05) is 40.2 Å². The monoisotopic (exact) mass is 418 g/mol. The minimum atomic E-state index is -0.498. The number of nitrogens with one attached hydrogen (secondary N) is 2. The Balaban J connectivity index is 1.84. The molecule has 0 saturated heterocycles. The fourth-order valence-electron chi connectivity index (χ4n) is 2.23. The Labute approximate surface area is 160 Å². The van der Waals surface area contributed by atoms with Crippen molar-refractivity contribution in [2.75, 3.05) is 19.0 Å². The van der Waals surface area contributed by atoms with Gasteiger partial charge in [-0.05, 0) is 35.4 Å². The summed E-state index contributed by atoms with van der Waals surface area (Å²) in [5.41, 5.74) is 2.34. The topological polar surface area (TPSA) is 84.5 Å². The molecule has 0 aromatic heterocycles. The third-order valence-electron chi connectivity index (χ3n) is 3.51. The molecule has 0 unspecified atom stereocenters. The molecule has 0 radical (unpaired) electrons. The van der Waals surface area contributed by atoms with E-state index >= 15 is 0 Å². The zero-order chi connectivity index (χ0) is 18.9. The third-order valence-corrected chi connectivity index (χ3v) is 4.01. The zero-order valence-electron chi connectivity index (χ0n) is 14.3. The maximum Gasteiger partial charge on any atom is 0.325 e. The first-order valence-electron chi connectivity index (χ1n) is 7.93. The highest BCUT2D eigenvalue weighted by molar-refractivity contribution is 9.10.